The maximum atomic E-state index is 13.0. The van der Waals surface area contributed by atoms with Crippen LogP contribution in [-0.4, -0.2) is 54.7 Å². The quantitative estimate of drug-likeness (QED) is 0.513. The third-order valence-electron chi connectivity index (χ3n) is 2.98. The van der Waals surface area contributed by atoms with E-state index in [0.717, 1.165) is 0 Å². The molecule has 8 nitrogen and oxygen atoms in total. The summed E-state index contributed by atoms with van der Waals surface area (Å²) in [6.07, 6.45) is -2.09. The van der Waals surface area contributed by atoms with Gasteiger partial charge in [0, 0.05) is 0 Å². The van der Waals surface area contributed by atoms with E-state index in [1.807, 2.05) is 0 Å². The van der Waals surface area contributed by atoms with Gasteiger partial charge in [-0.05, 0) is 34.1 Å². The minimum atomic E-state index is -1.58. The van der Waals surface area contributed by atoms with Gasteiger partial charge in [0.05, 0.1) is 12.5 Å². The van der Waals surface area contributed by atoms with Gasteiger partial charge in [-0.1, -0.05) is 0 Å². The van der Waals surface area contributed by atoms with Crippen molar-refractivity contribution in [1.29, 1.82) is 0 Å². The van der Waals surface area contributed by atoms with Crippen molar-refractivity contribution in [2.24, 2.45) is 5.92 Å². The second-order valence-electron chi connectivity index (χ2n) is 6.37. The largest absolute Gasteiger partial charge is 0.464 e. The van der Waals surface area contributed by atoms with E-state index >= 15 is 0 Å². The van der Waals surface area contributed by atoms with Crippen molar-refractivity contribution in [1.82, 2.24) is 10.6 Å². The molecule has 24 heavy (non-hydrogen) atoms. The number of ether oxygens (including phenoxy) is 2. The van der Waals surface area contributed by atoms with Crippen LogP contribution < -0.4 is 10.6 Å². The fourth-order valence-corrected chi connectivity index (χ4v) is 1.82. The molecule has 1 aliphatic carbocycles. The first kappa shape index (κ1) is 19.9. The molecule has 1 rings (SSSR count). The lowest BCUT2D eigenvalue weighted by Crippen LogP contribution is -2.51. The summed E-state index contributed by atoms with van der Waals surface area (Å²) in [4.78, 5) is 47.1. The van der Waals surface area contributed by atoms with Crippen molar-refractivity contribution in [3.63, 3.8) is 0 Å². The van der Waals surface area contributed by atoms with Crippen LogP contribution in [0, 0.1) is 5.92 Å². The second-order valence-corrected chi connectivity index (χ2v) is 6.37. The molecular formula is C15H23FN2O6. The summed E-state index contributed by atoms with van der Waals surface area (Å²) >= 11 is 0. The highest BCUT2D eigenvalue weighted by molar-refractivity contribution is 6.08. The molecule has 0 aromatic carbocycles. The van der Waals surface area contributed by atoms with E-state index in [2.05, 4.69) is 10.6 Å². The van der Waals surface area contributed by atoms with E-state index < -0.39 is 54.0 Å². The van der Waals surface area contributed by atoms with Crippen LogP contribution >= 0.6 is 0 Å². The van der Waals surface area contributed by atoms with Gasteiger partial charge in [-0.15, -0.1) is 0 Å². The molecular weight excluding hydrogens is 323 g/mol. The number of amides is 2. The van der Waals surface area contributed by atoms with Gasteiger partial charge in [0.15, 0.2) is 11.8 Å². The van der Waals surface area contributed by atoms with E-state index in [1.165, 1.54) is 0 Å². The average molecular weight is 346 g/mol. The number of carbonyl (C=O) groups is 4. The van der Waals surface area contributed by atoms with Crippen molar-refractivity contribution >= 4 is 23.8 Å². The first-order valence-electron chi connectivity index (χ1n) is 7.65. The molecule has 0 aromatic rings. The highest BCUT2D eigenvalue weighted by Crippen LogP contribution is 2.35. The molecule has 9 heteroatoms. The van der Waals surface area contributed by atoms with Crippen molar-refractivity contribution in [2.45, 2.75) is 51.9 Å². The molecule has 0 aromatic heterocycles. The van der Waals surface area contributed by atoms with Crippen LogP contribution in [0.3, 0.4) is 0 Å². The number of hydrogen-bond donors (Lipinski definition) is 2. The van der Waals surface area contributed by atoms with Crippen molar-refractivity contribution in [3.8, 4) is 0 Å². The van der Waals surface area contributed by atoms with Crippen LogP contribution in [0.2, 0.25) is 0 Å². The number of esters is 1. The van der Waals surface area contributed by atoms with Crippen LogP contribution in [0.5, 0.6) is 0 Å². The molecule has 0 bridgehead atoms. The SMILES string of the molecule is CCOC(=O)C(NC(=O)CNC(=O)OC(C)(C)C)C(=O)[C@@H]1C[C@@H]1F. The summed E-state index contributed by atoms with van der Waals surface area (Å²) in [5, 5.41) is 4.36. The summed E-state index contributed by atoms with van der Waals surface area (Å²) in [5.41, 5.74) is -0.730. The maximum Gasteiger partial charge on any atom is 0.408 e. The molecule has 1 aliphatic rings. The minimum absolute atomic E-state index is 0.0123. The molecule has 2 amide bonds. The Morgan fingerprint density at radius 2 is 1.83 bits per heavy atom. The topological polar surface area (TPSA) is 111 Å². The third-order valence-corrected chi connectivity index (χ3v) is 2.98. The smallest absolute Gasteiger partial charge is 0.408 e. The minimum Gasteiger partial charge on any atom is -0.464 e. The normalized spacial score (nSPS) is 20.5. The van der Waals surface area contributed by atoms with Crippen molar-refractivity contribution in [2.75, 3.05) is 13.2 Å². The number of alkyl carbamates (subject to hydrolysis) is 1. The van der Waals surface area contributed by atoms with Crippen molar-refractivity contribution < 1.29 is 33.0 Å². The van der Waals surface area contributed by atoms with Crippen LogP contribution in [0.15, 0.2) is 0 Å². The summed E-state index contributed by atoms with van der Waals surface area (Å²) in [6, 6.07) is -1.58. The molecule has 0 aliphatic heterocycles. The highest BCUT2D eigenvalue weighted by atomic mass is 19.1. The van der Waals surface area contributed by atoms with E-state index in [4.69, 9.17) is 9.47 Å². The van der Waals surface area contributed by atoms with Crippen LogP contribution in [0.1, 0.15) is 34.1 Å². The lowest BCUT2D eigenvalue weighted by molar-refractivity contribution is -0.150. The van der Waals surface area contributed by atoms with E-state index in [1.54, 1.807) is 27.7 Å². The number of halogens is 1. The Balaban J connectivity index is 2.56. The fraction of sp³-hybridized carbons (Fsp3) is 0.733. The Hall–Kier alpha value is -2.19. The Kier molecular flexibility index (Phi) is 6.68. The maximum absolute atomic E-state index is 13.0. The standard InChI is InChI=1S/C15H23FN2O6/c1-5-23-13(21)11(12(20)8-6-9(8)16)18-10(19)7-17-14(22)24-15(2,3)4/h8-9,11H,5-7H2,1-4H3,(H,17,22)(H,18,19)/t8-,9+,11?/m1/s1. The number of Topliss-reactive ketones (excluding diaryl/α,β-unsaturated/α-hetero) is 1. The Labute approximate surface area is 139 Å². The van der Waals surface area contributed by atoms with Gasteiger partial charge in [-0.25, -0.2) is 14.0 Å². The van der Waals surface area contributed by atoms with Gasteiger partial charge < -0.3 is 20.1 Å². The molecule has 0 spiro atoms. The zero-order chi connectivity index (χ0) is 18.5. The molecule has 1 fully saturated rings. The van der Waals surface area contributed by atoms with Gasteiger partial charge in [-0.2, -0.15) is 0 Å². The molecule has 0 heterocycles. The van der Waals surface area contributed by atoms with Crippen molar-refractivity contribution in [3.05, 3.63) is 0 Å². The van der Waals surface area contributed by atoms with Gasteiger partial charge in [0.25, 0.3) is 0 Å². The molecule has 0 radical (unpaired) electrons. The summed E-state index contributed by atoms with van der Waals surface area (Å²) < 4.78 is 22.7. The highest BCUT2D eigenvalue weighted by Gasteiger charge is 2.48. The summed E-state index contributed by atoms with van der Waals surface area (Å²) in [5.74, 6) is -3.37. The zero-order valence-electron chi connectivity index (χ0n) is 14.2. The number of alkyl halides is 1. The van der Waals surface area contributed by atoms with E-state index in [9.17, 15) is 23.6 Å². The number of hydrogen-bond acceptors (Lipinski definition) is 6. The number of ketones is 1. The number of nitrogens with one attached hydrogen (secondary N) is 2. The predicted octanol–water partition coefficient (Wildman–Crippen LogP) is 0.486. The Bertz CT molecular complexity index is 517. The Morgan fingerprint density at radius 3 is 2.29 bits per heavy atom. The molecule has 3 atom stereocenters. The van der Waals surface area contributed by atoms with Gasteiger partial charge in [0.1, 0.15) is 18.3 Å². The molecule has 136 valence electrons. The number of rotatable bonds is 7. The van der Waals surface area contributed by atoms with E-state index in [0.29, 0.717) is 0 Å². The summed E-state index contributed by atoms with van der Waals surface area (Å²) in [6.45, 7) is 6.03. The zero-order valence-corrected chi connectivity index (χ0v) is 14.2. The van der Waals surface area contributed by atoms with Gasteiger partial charge >= 0.3 is 12.1 Å². The van der Waals surface area contributed by atoms with Gasteiger partial charge in [-0.3, -0.25) is 9.59 Å². The second kappa shape index (κ2) is 8.07. The third kappa shape index (κ3) is 6.51. The van der Waals surface area contributed by atoms with Crippen LogP contribution in [-0.2, 0) is 23.9 Å². The Morgan fingerprint density at radius 1 is 1.25 bits per heavy atom. The average Bonchev–Trinajstić information content (AvgIpc) is 3.17. The van der Waals surface area contributed by atoms with Crippen LogP contribution in [0.25, 0.3) is 0 Å². The lowest BCUT2D eigenvalue weighted by Gasteiger charge is -2.20. The molecule has 1 unspecified atom stereocenters. The first-order valence-corrected chi connectivity index (χ1v) is 7.65. The lowest BCUT2D eigenvalue weighted by atomic mass is 10.1. The number of carbonyl (C=O) groups excluding carboxylic acids is 4. The monoisotopic (exact) mass is 346 g/mol. The molecule has 2 N–H and O–H groups in total. The van der Waals surface area contributed by atoms with Crippen LogP contribution in [0.4, 0.5) is 9.18 Å². The molecule has 1 saturated carbocycles. The molecule has 0 saturated heterocycles. The fourth-order valence-electron chi connectivity index (χ4n) is 1.82. The first-order chi connectivity index (χ1) is 11.0. The van der Waals surface area contributed by atoms with E-state index in [-0.39, 0.29) is 13.0 Å². The predicted molar refractivity (Wildman–Crippen MR) is 80.8 cm³/mol. The summed E-state index contributed by atoms with van der Waals surface area (Å²) in [7, 11) is 0. The van der Waals surface area contributed by atoms with Gasteiger partial charge in [0.2, 0.25) is 5.91 Å².